The van der Waals surface area contributed by atoms with Crippen LogP contribution < -0.4 is 15.4 Å². The maximum Gasteiger partial charge on any atom is 0.263 e. The number of rotatable bonds is 8. The Balaban J connectivity index is 1.75. The molecule has 0 aromatic heterocycles. The van der Waals surface area contributed by atoms with Crippen molar-refractivity contribution in [1.29, 1.82) is 0 Å². The van der Waals surface area contributed by atoms with Gasteiger partial charge in [-0.15, -0.1) is 0 Å². The number of anilines is 3. The van der Waals surface area contributed by atoms with Gasteiger partial charge >= 0.3 is 0 Å². The molecule has 1 saturated carbocycles. The molecule has 0 spiro atoms. The van der Waals surface area contributed by atoms with Gasteiger partial charge in [-0.25, -0.2) is 12.8 Å². The molecule has 3 N–H and O–H groups in total. The molecule has 0 saturated heterocycles. The Kier molecular flexibility index (Phi) is 8.38. The molecule has 32 heavy (non-hydrogen) atoms. The highest BCUT2D eigenvalue weighted by Gasteiger charge is 2.24. The van der Waals surface area contributed by atoms with E-state index >= 15 is 0 Å². The second-order valence-electron chi connectivity index (χ2n) is 8.03. The number of carbonyl (C=O) groups excluding carboxylic acids is 1. The highest BCUT2D eigenvalue weighted by atomic mass is 127. The van der Waals surface area contributed by atoms with Crippen LogP contribution in [-0.4, -0.2) is 21.4 Å². The first kappa shape index (κ1) is 25.2. The van der Waals surface area contributed by atoms with Crippen molar-refractivity contribution < 1.29 is 17.6 Å². The molecule has 0 bridgehead atoms. The first-order chi connectivity index (χ1) is 15.1. The molecular weight excluding hydrogens is 563 g/mol. The van der Waals surface area contributed by atoms with Crippen molar-refractivity contribution in [1.82, 2.24) is 0 Å². The largest absolute Gasteiger partial charge is 0.387 e. The van der Waals surface area contributed by atoms with Gasteiger partial charge in [0.1, 0.15) is 4.90 Å². The quantitative estimate of drug-likeness (QED) is 0.205. The molecular formula is C22H28FIN3O3PS. The predicted molar refractivity (Wildman–Crippen MR) is 140 cm³/mol. The molecule has 6 nitrogen and oxygen atoms in total. The van der Waals surface area contributed by atoms with Crippen molar-refractivity contribution in [2.75, 3.05) is 22.4 Å². The van der Waals surface area contributed by atoms with Gasteiger partial charge in [0.25, 0.3) is 10.0 Å². The fourth-order valence-corrected chi connectivity index (χ4v) is 5.66. The first-order valence-corrected chi connectivity index (χ1v) is 13.6. The summed E-state index contributed by atoms with van der Waals surface area (Å²) < 4.78 is 41.0. The number of halogens is 2. The van der Waals surface area contributed by atoms with E-state index in [1.165, 1.54) is 31.4 Å². The van der Waals surface area contributed by atoms with Crippen LogP contribution in [0.15, 0.2) is 47.4 Å². The zero-order chi connectivity index (χ0) is 23.4. The van der Waals surface area contributed by atoms with Crippen molar-refractivity contribution in [3.63, 3.8) is 0 Å². The van der Waals surface area contributed by atoms with E-state index in [1.54, 1.807) is 60.0 Å². The summed E-state index contributed by atoms with van der Waals surface area (Å²) in [6.07, 6.45) is 6.22. The molecule has 2 aromatic rings. The highest BCUT2D eigenvalue weighted by molar-refractivity contribution is 14.1. The highest BCUT2D eigenvalue weighted by Crippen LogP contribution is 2.41. The van der Waals surface area contributed by atoms with Crippen molar-refractivity contribution in [3.8, 4) is 0 Å². The van der Waals surface area contributed by atoms with E-state index in [0.29, 0.717) is 29.3 Å². The van der Waals surface area contributed by atoms with Gasteiger partial charge in [0.05, 0.1) is 5.69 Å². The van der Waals surface area contributed by atoms with E-state index < -0.39 is 13.4 Å². The minimum atomic E-state index is -3.94. The maximum absolute atomic E-state index is 14.2. The van der Waals surface area contributed by atoms with Gasteiger partial charge < -0.3 is 10.6 Å². The maximum atomic E-state index is 14.2. The minimum Gasteiger partial charge on any atom is -0.387 e. The average molecular weight is 591 g/mol. The smallest absolute Gasteiger partial charge is 0.263 e. The Morgan fingerprint density at radius 1 is 1.16 bits per heavy atom. The average Bonchev–Trinajstić information content (AvgIpc) is 2.73. The van der Waals surface area contributed by atoms with E-state index in [0.717, 1.165) is 12.8 Å². The number of hydrogen-bond donors (Lipinski definition) is 3. The lowest BCUT2D eigenvalue weighted by Crippen LogP contribution is -2.19. The van der Waals surface area contributed by atoms with E-state index in [2.05, 4.69) is 24.6 Å². The molecule has 1 aliphatic rings. The van der Waals surface area contributed by atoms with Crippen LogP contribution in [0.3, 0.4) is 0 Å². The van der Waals surface area contributed by atoms with E-state index in [-0.39, 0.29) is 16.5 Å². The molecule has 1 amide bonds. The Morgan fingerprint density at radius 3 is 2.53 bits per heavy atom. The number of benzene rings is 2. The monoisotopic (exact) mass is 591 g/mol. The van der Waals surface area contributed by atoms with Crippen LogP contribution >= 0.6 is 31.8 Å². The Labute approximate surface area is 204 Å². The van der Waals surface area contributed by atoms with Gasteiger partial charge in [-0.1, -0.05) is 40.6 Å². The first-order valence-electron chi connectivity index (χ1n) is 10.5. The summed E-state index contributed by atoms with van der Waals surface area (Å²) in [5, 5.41) is 5.76. The molecule has 1 fully saturated rings. The molecule has 2 aromatic carbocycles. The van der Waals surface area contributed by atoms with Crippen molar-refractivity contribution in [2.45, 2.75) is 46.8 Å². The van der Waals surface area contributed by atoms with E-state index in [9.17, 15) is 17.6 Å². The van der Waals surface area contributed by atoms with Crippen LogP contribution in [0, 0.1) is 5.92 Å². The normalized spacial score (nSPS) is 16.8. The van der Waals surface area contributed by atoms with E-state index in [1.807, 2.05) is 0 Å². The molecule has 174 valence electrons. The summed E-state index contributed by atoms with van der Waals surface area (Å²) in [6, 6.07) is 10.8. The zero-order valence-electron chi connectivity index (χ0n) is 17.8. The summed E-state index contributed by atoms with van der Waals surface area (Å²) in [6.45, 7) is 0. The van der Waals surface area contributed by atoms with E-state index in [4.69, 9.17) is 0 Å². The third-order valence-corrected chi connectivity index (χ3v) is 7.92. The summed E-state index contributed by atoms with van der Waals surface area (Å²) in [7, 11) is -0.247. The summed E-state index contributed by atoms with van der Waals surface area (Å²) in [4.78, 5) is 12.5. The third-order valence-electron chi connectivity index (χ3n) is 5.52. The SMILES string of the molecule is CNc1cc(NC(=O)CC2CCCCC2)ccc1S(=O)(=O)Nc1cccc(C(F)(P)I)c1. The molecule has 3 rings (SSSR count). The van der Waals surface area contributed by atoms with Crippen LogP contribution in [0.4, 0.5) is 21.5 Å². The number of alkyl halides is 2. The fraction of sp³-hybridized carbons (Fsp3) is 0.409. The standard InChI is InChI=1S/C22H28FIN3O3PS/c1-25-19-14-17(26-21(28)12-15-6-3-2-4-7-15)10-11-20(19)32(29,30)27-18-9-5-8-16(13-18)22(23,24)31/h5,8-11,13-15,25,27H,2-4,6-7,12,31H2,1H3,(H,26,28). The van der Waals surface area contributed by atoms with Crippen molar-refractivity contribution in [2.24, 2.45) is 5.92 Å². The predicted octanol–water partition coefficient (Wildman–Crippen LogP) is 5.83. The zero-order valence-corrected chi connectivity index (χ0v) is 22.0. The van der Waals surface area contributed by atoms with Crippen molar-refractivity contribution in [3.05, 3.63) is 48.0 Å². The Hall–Kier alpha value is -1.45. The van der Waals surface area contributed by atoms with Gasteiger partial charge in [0.2, 0.25) is 5.91 Å². The fourth-order valence-electron chi connectivity index (χ4n) is 3.90. The molecule has 1 aliphatic carbocycles. The number of hydrogen-bond acceptors (Lipinski definition) is 4. The topological polar surface area (TPSA) is 87.3 Å². The Morgan fingerprint density at radius 2 is 1.88 bits per heavy atom. The van der Waals surface area contributed by atoms with Gasteiger partial charge in [-0.05, 0) is 71.7 Å². The van der Waals surface area contributed by atoms with Crippen LogP contribution in [0.5, 0.6) is 0 Å². The summed E-state index contributed by atoms with van der Waals surface area (Å²) in [5.41, 5.74) is 1.47. The third kappa shape index (κ3) is 6.78. The number of carbonyl (C=O) groups is 1. The summed E-state index contributed by atoms with van der Waals surface area (Å²) in [5.74, 6) is 0.356. The number of nitrogens with one attached hydrogen (secondary N) is 3. The van der Waals surface area contributed by atoms with Gasteiger partial charge in [0.15, 0.2) is 3.42 Å². The molecule has 10 heteroatoms. The summed E-state index contributed by atoms with van der Waals surface area (Å²) >= 11 is 1.62. The molecule has 2 atom stereocenters. The second-order valence-corrected chi connectivity index (χ2v) is 13.2. The number of amides is 1. The lowest BCUT2D eigenvalue weighted by atomic mass is 9.87. The molecule has 0 heterocycles. The minimum absolute atomic E-state index is 0.0301. The van der Waals surface area contributed by atoms with Gasteiger partial charge in [-0.3, -0.25) is 9.52 Å². The molecule has 2 unspecified atom stereocenters. The molecule has 0 radical (unpaired) electrons. The number of sulfonamides is 1. The van der Waals surface area contributed by atoms with Crippen LogP contribution in [0.2, 0.25) is 0 Å². The lowest BCUT2D eigenvalue weighted by molar-refractivity contribution is -0.117. The Bertz CT molecular complexity index is 1070. The van der Waals surface area contributed by atoms with Crippen LogP contribution in [0.25, 0.3) is 0 Å². The lowest BCUT2D eigenvalue weighted by Gasteiger charge is -2.21. The van der Waals surface area contributed by atoms with Gasteiger partial charge in [0, 0.05) is 30.4 Å². The van der Waals surface area contributed by atoms with Crippen LogP contribution in [0.1, 0.15) is 44.1 Å². The van der Waals surface area contributed by atoms with Gasteiger partial charge in [-0.2, -0.15) is 0 Å². The van der Waals surface area contributed by atoms with Crippen LogP contribution in [-0.2, 0) is 18.2 Å². The van der Waals surface area contributed by atoms with Crippen molar-refractivity contribution >= 4 is 64.8 Å². The molecule has 0 aliphatic heterocycles. The second kappa shape index (κ2) is 10.7.